The van der Waals surface area contributed by atoms with E-state index in [9.17, 15) is 14.4 Å². The molecule has 3 unspecified atom stereocenters. The highest BCUT2D eigenvalue weighted by Crippen LogP contribution is 2.25. The number of amides is 3. The zero-order valence-corrected chi connectivity index (χ0v) is 24.3. The topological polar surface area (TPSA) is 87.7 Å². The van der Waals surface area contributed by atoms with Gasteiger partial charge in [0.2, 0.25) is 11.8 Å². The van der Waals surface area contributed by atoms with Crippen LogP contribution in [0.4, 0.5) is 4.79 Å². The molecule has 2 aromatic carbocycles. The number of benzene rings is 2. The number of hydrogen-bond donors (Lipinski definition) is 2. The minimum absolute atomic E-state index is 0.0550. The number of aryl methyl sites for hydroxylation is 1. The Hall–Kier alpha value is -3.61. The quantitative estimate of drug-likeness (QED) is 0.320. The molecule has 0 aromatic heterocycles. The maximum Gasteiger partial charge on any atom is 0.408 e. The second-order valence-corrected chi connectivity index (χ2v) is 10.9. The van der Waals surface area contributed by atoms with Crippen molar-refractivity contribution in [1.82, 2.24) is 15.5 Å². The van der Waals surface area contributed by atoms with Crippen molar-refractivity contribution in [3.63, 3.8) is 0 Å². The van der Waals surface area contributed by atoms with Gasteiger partial charge in [0, 0.05) is 19.0 Å². The van der Waals surface area contributed by atoms with Gasteiger partial charge >= 0.3 is 6.09 Å². The summed E-state index contributed by atoms with van der Waals surface area (Å²) in [6, 6.07) is 15.3. The fourth-order valence-electron chi connectivity index (χ4n) is 4.40. The number of nitrogens with one attached hydrogen (secondary N) is 2. The van der Waals surface area contributed by atoms with E-state index >= 15 is 0 Å². The summed E-state index contributed by atoms with van der Waals surface area (Å²) in [5.41, 5.74) is 1.96. The van der Waals surface area contributed by atoms with Crippen LogP contribution < -0.4 is 10.6 Å². The molecule has 2 N–H and O–H groups in total. The van der Waals surface area contributed by atoms with Crippen LogP contribution in [0.3, 0.4) is 0 Å². The van der Waals surface area contributed by atoms with Gasteiger partial charge in [-0.2, -0.15) is 0 Å². The first kappa shape index (κ1) is 31.6. The molecule has 0 aliphatic rings. The molecule has 0 bridgehead atoms. The molecule has 2 rings (SSSR count). The zero-order valence-electron chi connectivity index (χ0n) is 24.3. The summed E-state index contributed by atoms with van der Waals surface area (Å²) in [5.74, 6) is -0.668. The SMILES string of the molecule is C=CCN(C(=O)C(Cc1ccccc1)NC(=O)OC(C)(C)C)C(C(=O)NC(C)CCC)c1ccc(CC)cc1. The Balaban J connectivity index is 2.52. The Morgan fingerprint density at radius 1 is 0.974 bits per heavy atom. The number of carbonyl (C=O) groups excluding carboxylic acids is 3. The summed E-state index contributed by atoms with van der Waals surface area (Å²) in [4.78, 5) is 42.3. The van der Waals surface area contributed by atoms with Gasteiger partial charge < -0.3 is 20.3 Å². The van der Waals surface area contributed by atoms with E-state index in [2.05, 4.69) is 31.1 Å². The molecule has 0 radical (unpaired) electrons. The molecule has 0 aliphatic heterocycles. The van der Waals surface area contributed by atoms with E-state index in [4.69, 9.17) is 4.74 Å². The Bertz CT molecular complexity index is 1080. The van der Waals surface area contributed by atoms with Crippen molar-refractivity contribution in [3.8, 4) is 0 Å². The second-order valence-electron chi connectivity index (χ2n) is 10.9. The minimum atomic E-state index is -0.958. The highest BCUT2D eigenvalue weighted by atomic mass is 16.6. The predicted molar refractivity (Wildman–Crippen MR) is 156 cm³/mol. The number of nitrogens with zero attached hydrogens (tertiary/aromatic N) is 1. The number of rotatable bonds is 13. The Morgan fingerprint density at radius 2 is 1.62 bits per heavy atom. The van der Waals surface area contributed by atoms with E-state index in [1.165, 1.54) is 4.90 Å². The first-order valence-corrected chi connectivity index (χ1v) is 13.8. The summed E-state index contributed by atoms with van der Waals surface area (Å²) in [6.45, 7) is 15.4. The van der Waals surface area contributed by atoms with Gasteiger partial charge in [-0.1, -0.05) is 80.9 Å². The molecule has 0 heterocycles. The number of carbonyl (C=O) groups is 3. The standard InChI is InChI=1S/C32H45N3O4/c1-8-14-23(4)33-29(36)28(26-19-17-24(10-3)18-20-26)35(21-9-2)30(37)27(22-25-15-12-11-13-16-25)34-31(38)39-32(5,6)7/h9,11-13,15-20,23,27-28H,2,8,10,14,21-22H2,1,3-7H3,(H,33,36)(H,34,38). The average molecular weight is 536 g/mol. The smallest absolute Gasteiger partial charge is 0.408 e. The van der Waals surface area contributed by atoms with Gasteiger partial charge in [0.15, 0.2) is 0 Å². The van der Waals surface area contributed by atoms with Crippen LogP contribution in [0.15, 0.2) is 67.3 Å². The zero-order chi connectivity index (χ0) is 29.0. The lowest BCUT2D eigenvalue weighted by molar-refractivity contribution is -0.142. The summed E-state index contributed by atoms with van der Waals surface area (Å²) in [6.07, 6.45) is 3.74. The van der Waals surface area contributed by atoms with Crippen LogP contribution in [0.5, 0.6) is 0 Å². The maximum atomic E-state index is 14.2. The van der Waals surface area contributed by atoms with Gasteiger partial charge in [0.05, 0.1) is 0 Å². The van der Waals surface area contributed by atoms with E-state index in [-0.39, 0.29) is 24.9 Å². The van der Waals surface area contributed by atoms with Crippen LogP contribution >= 0.6 is 0 Å². The highest BCUT2D eigenvalue weighted by Gasteiger charge is 2.36. The lowest BCUT2D eigenvalue weighted by Crippen LogP contribution is -2.54. The molecule has 7 nitrogen and oxygen atoms in total. The van der Waals surface area contributed by atoms with E-state index in [1.54, 1.807) is 26.8 Å². The summed E-state index contributed by atoms with van der Waals surface area (Å²) in [7, 11) is 0. The molecule has 0 saturated carbocycles. The first-order chi connectivity index (χ1) is 18.5. The Morgan fingerprint density at radius 3 is 2.15 bits per heavy atom. The molecular formula is C32H45N3O4. The van der Waals surface area contributed by atoms with E-state index in [0.29, 0.717) is 5.56 Å². The van der Waals surface area contributed by atoms with Gasteiger partial charge in [-0.15, -0.1) is 6.58 Å². The third kappa shape index (κ3) is 10.2. The first-order valence-electron chi connectivity index (χ1n) is 13.8. The van der Waals surface area contributed by atoms with Crippen molar-refractivity contribution in [3.05, 3.63) is 83.9 Å². The van der Waals surface area contributed by atoms with E-state index < -0.39 is 29.7 Å². The van der Waals surface area contributed by atoms with Crippen LogP contribution in [-0.4, -0.2) is 47.0 Å². The van der Waals surface area contributed by atoms with Crippen LogP contribution in [0.25, 0.3) is 0 Å². The van der Waals surface area contributed by atoms with Crippen LogP contribution in [0.2, 0.25) is 0 Å². The van der Waals surface area contributed by atoms with Gasteiger partial charge in [0.1, 0.15) is 17.7 Å². The third-order valence-corrected chi connectivity index (χ3v) is 6.25. The molecule has 7 heteroatoms. The molecular weight excluding hydrogens is 490 g/mol. The molecule has 2 aromatic rings. The monoisotopic (exact) mass is 535 g/mol. The van der Waals surface area contributed by atoms with E-state index in [1.807, 2.05) is 61.5 Å². The van der Waals surface area contributed by atoms with Gasteiger partial charge in [-0.05, 0) is 57.2 Å². The van der Waals surface area contributed by atoms with Crippen LogP contribution in [0.1, 0.15) is 77.1 Å². The van der Waals surface area contributed by atoms with Crippen molar-refractivity contribution in [2.45, 2.75) is 91.0 Å². The van der Waals surface area contributed by atoms with Crippen molar-refractivity contribution < 1.29 is 19.1 Å². The van der Waals surface area contributed by atoms with Gasteiger partial charge in [-0.3, -0.25) is 9.59 Å². The average Bonchev–Trinajstić information content (AvgIpc) is 2.87. The number of ether oxygens (including phenoxy) is 1. The molecule has 0 spiro atoms. The van der Waals surface area contributed by atoms with Gasteiger partial charge in [0.25, 0.3) is 0 Å². The third-order valence-electron chi connectivity index (χ3n) is 6.25. The molecule has 0 saturated heterocycles. The van der Waals surface area contributed by atoms with Crippen molar-refractivity contribution in [1.29, 1.82) is 0 Å². The Kier molecular flexibility index (Phi) is 12.2. The lowest BCUT2D eigenvalue weighted by Gasteiger charge is -2.34. The van der Waals surface area contributed by atoms with Crippen molar-refractivity contribution in [2.24, 2.45) is 0 Å². The molecule has 0 aliphatic carbocycles. The fourth-order valence-corrected chi connectivity index (χ4v) is 4.40. The fraction of sp³-hybridized carbons (Fsp3) is 0.469. The molecule has 3 atom stereocenters. The van der Waals surface area contributed by atoms with Crippen molar-refractivity contribution >= 4 is 17.9 Å². The molecule has 0 fully saturated rings. The van der Waals surface area contributed by atoms with Gasteiger partial charge in [-0.25, -0.2) is 4.79 Å². The second kappa shape index (κ2) is 15.1. The normalized spacial score (nSPS) is 13.5. The maximum absolute atomic E-state index is 14.2. The largest absolute Gasteiger partial charge is 0.444 e. The molecule has 3 amide bonds. The highest BCUT2D eigenvalue weighted by molar-refractivity contribution is 5.92. The van der Waals surface area contributed by atoms with Crippen molar-refractivity contribution in [2.75, 3.05) is 6.54 Å². The van der Waals surface area contributed by atoms with Crippen LogP contribution in [0, 0.1) is 0 Å². The summed E-state index contributed by atoms with van der Waals surface area (Å²) < 4.78 is 5.47. The van der Waals surface area contributed by atoms with E-state index in [0.717, 1.165) is 30.4 Å². The Labute approximate surface area is 234 Å². The lowest BCUT2D eigenvalue weighted by atomic mass is 9.98. The summed E-state index contributed by atoms with van der Waals surface area (Å²) >= 11 is 0. The number of hydrogen-bond acceptors (Lipinski definition) is 4. The summed E-state index contributed by atoms with van der Waals surface area (Å²) in [5, 5.41) is 5.85. The minimum Gasteiger partial charge on any atom is -0.444 e. The number of alkyl carbamates (subject to hydrolysis) is 1. The molecule has 212 valence electrons. The van der Waals surface area contributed by atoms with Crippen LogP contribution in [-0.2, 0) is 27.2 Å². The molecule has 39 heavy (non-hydrogen) atoms. The predicted octanol–water partition coefficient (Wildman–Crippen LogP) is 5.75.